The third kappa shape index (κ3) is 2.28. The molecule has 4 heteroatoms. The van der Waals surface area contributed by atoms with Gasteiger partial charge in [0.15, 0.2) is 0 Å². The molecule has 100 valence electrons. The van der Waals surface area contributed by atoms with Crippen LogP contribution in [0, 0.1) is 12.9 Å². The van der Waals surface area contributed by atoms with Crippen molar-refractivity contribution >= 4 is 0 Å². The zero-order valence-corrected chi connectivity index (χ0v) is 10.9. The first-order valence-electron chi connectivity index (χ1n) is 6.13. The Hall–Kier alpha value is -0.970. The quantitative estimate of drug-likeness (QED) is 0.804. The highest BCUT2D eigenvalue weighted by atomic mass is 19.1. The van der Waals surface area contributed by atoms with Gasteiger partial charge in [0.1, 0.15) is 17.5 Å². The molecule has 1 saturated heterocycles. The van der Waals surface area contributed by atoms with Gasteiger partial charge in [-0.2, -0.15) is 7.05 Å². The monoisotopic (exact) mass is 253 g/mol. The standard InChI is InChI=1S/C14H20FNO2/c1-16-9-8-14(18-3,13(10-16)17-2)11-4-6-12(15)7-5-11/h4-7,13,16H,1,8-10H2,2-3H3/t13-,14-/m1/s1. The predicted octanol–water partition coefficient (Wildman–Crippen LogP) is 0.763. The molecule has 0 radical (unpaired) electrons. The Morgan fingerprint density at radius 1 is 1.33 bits per heavy atom. The summed E-state index contributed by atoms with van der Waals surface area (Å²) < 4.78 is 24.4. The van der Waals surface area contributed by atoms with Crippen molar-refractivity contribution in [3.8, 4) is 0 Å². The predicted molar refractivity (Wildman–Crippen MR) is 66.6 cm³/mol. The number of ether oxygens (including phenoxy) is 2. The maximum Gasteiger partial charge on any atom is 0.137 e. The Kier molecular flexibility index (Phi) is 4.00. The molecule has 18 heavy (non-hydrogen) atoms. The minimum absolute atomic E-state index is 0.0748. The number of hydrogen-bond donors (Lipinski definition) is 1. The molecule has 0 spiro atoms. The molecule has 1 fully saturated rings. The number of rotatable bonds is 3. The highest BCUT2D eigenvalue weighted by Crippen LogP contribution is 2.35. The second-order valence-electron chi connectivity index (χ2n) is 4.78. The van der Waals surface area contributed by atoms with E-state index in [1.54, 1.807) is 26.4 Å². The fraction of sp³-hybridized carbons (Fsp3) is 0.500. The highest BCUT2D eigenvalue weighted by molar-refractivity contribution is 5.25. The molecule has 0 amide bonds. The molecule has 1 aliphatic rings. The van der Waals surface area contributed by atoms with Gasteiger partial charge in [0.25, 0.3) is 0 Å². The maximum atomic E-state index is 13.0. The lowest BCUT2D eigenvalue weighted by Crippen LogP contribution is -3.10. The molecule has 1 aromatic carbocycles. The van der Waals surface area contributed by atoms with E-state index in [-0.39, 0.29) is 11.9 Å². The van der Waals surface area contributed by atoms with Gasteiger partial charge in [0.2, 0.25) is 0 Å². The molecule has 0 bridgehead atoms. The van der Waals surface area contributed by atoms with Crippen LogP contribution in [-0.4, -0.2) is 33.4 Å². The summed E-state index contributed by atoms with van der Waals surface area (Å²) in [6.45, 7) is 1.69. The lowest BCUT2D eigenvalue weighted by molar-refractivity contribution is -0.867. The number of quaternary nitrogens is 1. The molecule has 1 N–H and O–H groups in total. The number of halogens is 1. The molecule has 2 rings (SSSR count). The Balaban J connectivity index is 2.36. The first-order valence-corrected chi connectivity index (χ1v) is 6.13. The minimum atomic E-state index is -0.496. The number of benzene rings is 1. The topological polar surface area (TPSA) is 22.9 Å². The van der Waals surface area contributed by atoms with Gasteiger partial charge in [-0.25, -0.2) is 4.39 Å². The van der Waals surface area contributed by atoms with Crippen molar-refractivity contribution in [2.45, 2.75) is 18.1 Å². The molecule has 1 aliphatic heterocycles. The molecule has 1 heterocycles. The van der Waals surface area contributed by atoms with E-state index in [1.165, 1.54) is 17.0 Å². The van der Waals surface area contributed by atoms with Crippen LogP contribution in [-0.2, 0) is 15.1 Å². The van der Waals surface area contributed by atoms with Crippen molar-refractivity contribution in [2.24, 2.45) is 0 Å². The molecule has 1 unspecified atom stereocenters. The number of methoxy groups -OCH3 is 2. The average molecular weight is 253 g/mol. The van der Waals surface area contributed by atoms with Gasteiger partial charge in [0.05, 0.1) is 13.1 Å². The van der Waals surface area contributed by atoms with Crippen LogP contribution in [0.4, 0.5) is 4.39 Å². The Bertz CT molecular complexity index is 395. The summed E-state index contributed by atoms with van der Waals surface area (Å²) in [7, 11) is 7.39. The SMILES string of the molecule is [CH2-][NH+]1CC[C@@](OC)(c2ccc(F)cc2)[C@H](OC)C1. The smallest absolute Gasteiger partial charge is 0.137 e. The molecule has 1 aromatic rings. The third-order valence-electron chi connectivity index (χ3n) is 3.83. The Morgan fingerprint density at radius 2 is 2.00 bits per heavy atom. The molecule has 0 aromatic heterocycles. The van der Waals surface area contributed by atoms with E-state index in [1.807, 2.05) is 0 Å². The summed E-state index contributed by atoms with van der Waals surface area (Å²) in [6.07, 6.45) is 0.737. The second kappa shape index (κ2) is 5.34. The normalized spacial score (nSPS) is 32.4. The van der Waals surface area contributed by atoms with Gasteiger partial charge in [0, 0.05) is 20.6 Å². The fourth-order valence-electron chi connectivity index (χ4n) is 2.74. The zero-order chi connectivity index (χ0) is 13.2. The number of piperidine rings is 1. The molecule has 3 nitrogen and oxygen atoms in total. The third-order valence-corrected chi connectivity index (χ3v) is 3.83. The molecule has 0 saturated carbocycles. The van der Waals surface area contributed by atoms with E-state index in [9.17, 15) is 4.39 Å². The van der Waals surface area contributed by atoms with Crippen molar-refractivity contribution in [3.63, 3.8) is 0 Å². The van der Waals surface area contributed by atoms with E-state index in [0.29, 0.717) is 0 Å². The fourth-order valence-corrected chi connectivity index (χ4v) is 2.74. The van der Waals surface area contributed by atoms with Gasteiger partial charge in [-0.15, -0.1) is 0 Å². The van der Waals surface area contributed by atoms with Crippen molar-refractivity contribution in [2.75, 3.05) is 27.3 Å². The van der Waals surface area contributed by atoms with E-state index < -0.39 is 5.60 Å². The average Bonchev–Trinajstić information content (AvgIpc) is 2.40. The lowest BCUT2D eigenvalue weighted by atomic mass is 9.82. The van der Waals surface area contributed by atoms with Crippen LogP contribution in [0.2, 0.25) is 0 Å². The van der Waals surface area contributed by atoms with Gasteiger partial charge < -0.3 is 14.4 Å². The van der Waals surface area contributed by atoms with Crippen LogP contribution >= 0.6 is 0 Å². The van der Waals surface area contributed by atoms with Crippen molar-refractivity contribution in [1.82, 2.24) is 0 Å². The first kappa shape index (κ1) is 13.5. The Labute approximate surface area is 107 Å². The first-order chi connectivity index (χ1) is 8.62. The van der Waals surface area contributed by atoms with Crippen molar-refractivity contribution in [3.05, 3.63) is 42.7 Å². The maximum absolute atomic E-state index is 13.0. The van der Waals surface area contributed by atoms with Crippen LogP contribution in [0.3, 0.4) is 0 Å². The van der Waals surface area contributed by atoms with Crippen LogP contribution in [0.1, 0.15) is 12.0 Å². The zero-order valence-electron chi connectivity index (χ0n) is 10.9. The van der Waals surface area contributed by atoms with E-state index in [0.717, 1.165) is 25.1 Å². The van der Waals surface area contributed by atoms with Crippen molar-refractivity contribution in [1.29, 1.82) is 0 Å². The summed E-state index contributed by atoms with van der Waals surface area (Å²) in [5, 5.41) is 0. The van der Waals surface area contributed by atoms with Crippen LogP contribution in [0.5, 0.6) is 0 Å². The van der Waals surface area contributed by atoms with Gasteiger partial charge in [-0.3, -0.25) is 0 Å². The minimum Gasteiger partial charge on any atom is -0.465 e. The van der Waals surface area contributed by atoms with Gasteiger partial charge in [-0.05, 0) is 17.7 Å². The van der Waals surface area contributed by atoms with Gasteiger partial charge in [-0.1, -0.05) is 12.1 Å². The van der Waals surface area contributed by atoms with Crippen LogP contribution in [0.25, 0.3) is 0 Å². The summed E-state index contributed by atoms with van der Waals surface area (Å²) in [6, 6.07) is 6.48. The highest BCUT2D eigenvalue weighted by Gasteiger charge is 2.45. The Morgan fingerprint density at radius 3 is 2.56 bits per heavy atom. The largest absolute Gasteiger partial charge is 0.465 e. The van der Waals surface area contributed by atoms with Gasteiger partial charge >= 0.3 is 0 Å². The summed E-state index contributed by atoms with van der Waals surface area (Å²) >= 11 is 0. The van der Waals surface area contributed by atoms with E-state index in [4.69, 9.17) is 9.47 Å². The summed E-state index contributed by atoms with van der Waals surface area (Å²) in [5.74, 6) is -0.237. The number of likely N-dealkylation sites (tertiary alicyclic amines) is 1. The van der Waals surface area contributed by atoms with Crippen molar-refractivity contribution < 1.29 is 18.8 Å². The second-order valence-corrected chi connectivity index (χ2v) is 4.78. The van der Waals surface area contributed by atoms with Crippen LogP contribution in [0.15, 0.2) is 24.3 Å². The molecular weight excluding hydrogens is 233 g/mol. The summed E-state index contributed by atoms with van der Waals surface area (Å²) in [4.78, 5) is 1.18. The molecule has 0 aliphatic carbocycles. The van der Waals surface area contributed by atoms with Crippen LogP contribution < -0.4 is 4.90 Å². The molecule has 3 atom stereocenters. The van der Waals surface area contributed by atoms with E-state index >= 15 is 0 Å². The van der Waals surface area contributed by atoms with E-state index in [2.05, 4.69) is 7.05 Å². The molecular formula is C14H20FNO2. The summed E-state index contributed by atoms with van der Waals surface area (Å²) in [5.41, 5.74) is 0.467. The lowest BCUT2D eigenvalue weighted by Gasteiger charge is -2.45. The number of nitrogens with one attached hydrogen (secondary N) is 1. The number of hydrogen-bond acceptors (Lipinski definition) is 2.